The lowest BCUT2D eigenvalue weighted by atomic mass is 10.1. The van der Waals surface area contributed by atoms with Crippen LogP contribution in [0.15, 0.2) is 12.1 Å². The van der Waals surface area contributed by atoms with E-state index in [0.29, 0.717) is 0 Å². The molecule has 2 unspecified atom stereocenters. The number of halogens is 3. The minimum Gasteiger partial charge on any atom is -0.328 e. The van der Waals surface area contributed by atoms with Gasteiger partial charge in [0.05, 0.1) is 9.85 Å². The fraction of sp³-hybridized carbons (Fsp3) is 0.571. The molecule has 2 atom stereocenters. The molecule has 1 saturated carbocycles. The van der Waals surface area contributed by atoms with Crippen molar-refractivity contribution in [1.82, 2.24) is 0 Å². The second kappa shape index (κ2) is 7.02. The monoisotopic (exact) mass is 347 g/mol. The second-order valence-electron chi connectivity index (χ2n) is 5.78. The van der Waals surface area contributed by atoms with Gasteiger partial charge in [-0.25, -0.2) is 13.2 Å². The molecule has 0 amide bonds. The van der Waals surface area contributed by atoms with E-state index in [0.717, 1.165) is 36.8 Å². The molecule has 10 heteroatoms. The van der Waals surface area contributed by atoms with Gasteiger partial charge in [0, 0.05) is 18.7 Å². The maximum Gasteiger partial charge on any atom is 0.300 e. The molecule has 0 heterocycles. The number of hydrogen-bond acceptors (Lipinski definition) is 5. The number of rotatable bonds is 8. The highest BCUT2D eigenvalue weighted by molar-refractivity contribution is 5.76. The summed E-state index contributed by atoms with van der Waals surface area (Å²) in [5, 5.41) is 22.6. The van der Waals surface area contributed by atoms with Gasteiger partial charge in [-0.05, 0) is 31.2 Å². The largest absolute Gasteiger partial charge is 0.328 e. The first-order valence-corrected chi connectivity index (χ1v) is 7.32. The van der Waals surface area contributed by atoms with Crippen LogP contribution in [0, 0.1) is 26.1 Å². The zero-order chi connectivity index (χ0) is 18.0. The minimum absolute atomic E-state index is 0.0120. The van der Waals surface area contributed by atoms with Gasteiger partial charge in [0.25, 0.3) is 11.4 Å². The Hall–Kier alpha value is -2.39. The molecule has 0 spiro atoms. The van der Waals surface area contributed by atoms with Crippen molar-refractivity contribution < 1.29 is 23.0 Å². The first-order chi connectivity index (χ1) is 11.3. The lowest BCUT2D eigenvalue weighted by molar-refractivity contribution is -0.392. The standard InChI is InChI=1S/C14H16F3N3O4/c1-8(16)14(17)18(7-9-2-3-9)13-11(19(21)22)4-10(6-15)5-12(13)20(23)24/h4-5,8-9,14H,2-3,6-7H2,1H3. The van der Waals surface area contributed by atoms with Crippen molar-refractivity contribution in [3.8, 4) is 0 Å². The number of anilines is 1. The molecule has 0 bridgehead atoms. The molecular weight excluding hydrogens is 331 g/mol. The molecule has 0 N–H and O–H groups in total. The molecule has 7 nitrogen and oxygen atoms in total. The van der Waals surface area contributed by atoms with Gasteiger partial charge >= 0.3 is 0 Å². The van der Waals surface area contributed by atoms with Crippen LogP contribution in [0.2, 0.25) is 0 Å². The molecule has 0 aromatic heterocycles. The Kier molecular flexibility index (Phi) is 5.25. The highest BCUT2D eigenvalue weighted by atomic mass is 19.2. The highest BCUT2D eigenvalue weighted by Crippen LogP contribution is 2.43. The van der Waals surface area contributed by atoms with Crippen LogP contribution in [-0.2, 0) is 6.67 Å². The van der Waals surface area contributed by atoms with Crippen molar-refractivity contribution in [1.29, 1.82) is 0 Å². The maximum atomic E-state index is 14.4. The molecule has 1 aliphatic rings. The topological polar surface area (TPSA) is 89.5 Å². The van der Waals surface area contributed by atoms with Crippen LogP contribution in [0.4, 0.5) is 30.2 Å². The Balaban J connectivity index is 2.65. The summed E-state index contributed by atoms with van der Waals surface area (Å²) in [6.45, 7) is -0.298. The summed E-state index contributed by atoms with van der Waals surface area (Å²) in [6, 6.07) is 1.63. The average molecular weight is 347 g/mol. The molecule has 1 aromatic rings. The Morgan fingerprint density at radius 3 is 2.04 bits per heavy atom. The summed E-state index contributed by atoms with van der Waals surface area (Å²) >= 11 is 0. The molecule has 0 saturated heterocycles. The Bertz CT molecular complexity index is 617. The van der Waals surface area contributed by atoms with E-state index >= 15 is 0 Å². The number of nitrogens with zero attached hydrogens (tertiary/aromatic N) is 3. The van der Waals surface area contributed by atoms with E-state index in [2.05, 4.69) is 0 Å². The zero-order valence-electron chi connectivity index (χ0n) is 12.8. The number of benzene rings is 1. The lowest BCUT2D eigenvalue weighted by Gasteiger charge is -2.28. The smallest absolute Gasteiger partial charge is 0.300 e. The lowest BCUT2D eigenvalue weighted by Crippen LogP contribution is -2.40. The van der Waals surface area contributed by atoms with E-state index in [-0.39, 0.29) is 18.0 Å². The summed E-state index contributed by atoms with van der Waals surface area (Å²) in [6.07, 6.45) is -2.83. The van der Waals surface area contributed by atoms with Crippen LogP contribution >= 0.6 is 0 Å². The molecule has 0 aliphatic heterocycles. The van der Waals surface area contributed by atoms with Gasteiger partial charge in [0.1, 0.15) is 12.8 Å². The van der Waals surface area contributed by atoms with Gasteiger partial charge in [0.2, 0.25) is 6.30 Å². The summed E-state index contributed by atoms with van der Waals surface area (Å²) < 4.78 is 40.7. The SMILES string of the molecule is CC(F)C(F)N(CC1CC1)c1c([N+](=O)[O-])cc(CF)cc1[N+](=O)[O-]. The maximum absolute atomic E-state index is 14.4. The van der Waals surface area contributed by atoms with Gasteiger partial charge in [-0.2, -0.15) is 0 Å². The van der Waals surface area contributed by atoms with Crippen LogP contribution in [0.5, 0.6) is 0 Å². The van der Waals surface area contributed by atoms with Crippen LogP contribution in [0.3, 0.4) is 0 Å². The Morgan fingerprint density at radius 1 is 1.21 bits per heavy atom. The van der Waals surface area contributed by atoms with Gasteiger partial charge in [-0.1, -0.05) is 0 Å². The Labute approximate surface area is 135 Å². The predicted molar refractivity (Wildman–Crippen MR) is 80.1 cm³/mol. The zero-order valence-corrected chi connectivity index (χ0v) is 12.8. The number of hydrogen-bond donors (Lipinski definition) is 0. The highest BCUT2D eigenvalue weighted by Gasteiger charge is 2.39. The van der Waals surface area contributed by atoms with E-state index in [1.165, 1.54) is 0 Å². The van der Waals surface area contributed by atoms with Gasteiger partial charge in [-0.3, -0.25) is 20.2 Å². The molecule has 1 aromatic carbocycles. The van der Waals surface area contributed by atoms with Crippen LogP contribution in [0.25, 0.3) is 0 Å². The van der Waals surface area contributed by atoms with Crippen molar-refractivity contribution in [3.05, 3.63) is 37.9 Å². The second-order valence-corrected chi connectivity index (χ2v) is 5.78. The van der Waals surface area contributed by atoms with Crippen molar-refractivity contribution in [3.63, 3.8) is 0 Å². The third-order valence-electron chi connectivity index (χ3n) is 3.79. The molecule has 24 heavy (non-hydrogen) atoms. The van der Waals surface area contributed by atoms with Crippen LogP contribution in [-0.4, -0.2) is 28.9 Å². The van der Waals surface area contributed by atoms with E-state index in [9.17, 15) is 33.4 Å². The first kappa shape index (κ1) is 18.0. The summed E-state index contributed by atoms with van der Waals surface area (Å²) in [5.41, 5.74) is -2.50. The Morgan fingerprint density at radius 2 is 1.71 bits per heavy atom. The number of alkyl halides is 3. The van der Waals surface area contributed by atoms with Crippen molar-refractivity contribution in [2.24, 2.45) is 5.92 Å². The van der Waals surface area contributed by atoms with Crippen molar-refractivity contribution >= 4 is 17.1 Å². The molecule has 0 radical (unpaired) electrons. The van der Waals surface area contributed by atoms with Gasteiger partial charge in [-0.15, -0.1) is 0 Å². The van der Waals surface area contributed by atoms with Crippen LogP contribution < -0.4 is 4.90 Å². The average Bonchev–Trinajstić information content (AvgIpc) is 3.34. The predicted octanol–water partition coefficient (Wildman–Crippen LogP) is 3.84. The number of nitro benzene ring substituents is 2. The third kappa shape index (κ3) is 3.74. The molecule has 132 valence electrons. The van der Waals surface area contributed by atoms with E-state index in [4.69, 9.17) is 0 Å². The fourth-order valence-corrected chi connectivity index (χ4v) is 2.45. The number of nitro groups is 2. The van der Waals surface area contributed by atoms with Crippen molar-refractivity contribution in [2.75, 3.05) is 11.4 Å². The summed E-state index contributed by atoms with van der Waals surface area (Å²) in [4.78, 5) is 21.4. The normalized spacial score (nSPS) is 16.5. The quantitative estimate of drug-likeness (QED) is 0.405. The third-order valence-corrected chi connectivity index (χ3v) is 3.79. The molecule has 1 fully saturated rings. The van der Waals surface area contributed by atoms with Gasteiger partial charge in [0.15, 0.2) is 5.69 Å². The van der Waals surface area contributed by atoms with E-state index in [1.807, 2.05) is 0 Å². The van der Waals surface area contributed by atoms with E-state index in [1.54, 1.807) is 0 Å². The summed E-state index contributed by atoms with van der Waals surface area (Å²) in [5.74, 6) is -0.0120. The molecule has 1 aliphatic carbocycles. The van der Waals surface area contributed by atoms with E-state index < -0.39 is 46.1 Å². The van der Waals surface area contributed by atoms with Crippen LogP contribution in [0.1, 0.15) is 25.3 Å². The molecular formula is C14H16F3N3O4. The molecule has 2 rings (SSSR count). The van der Waals surface area contributed by atoms with Crippen molar-refractivity contribution in [2.45, 2.75) is 38.9 Å². The van der Waals surface area contributed by atoms with Gasteiger partial charge < -0.3 is 4.90 Å². The minimum atomic E-state index is -2.28. The summed E-state index contributed by atoms with van der Waals surface area (Å²) in [7, 11) is 0. The first-order valence-electron chi connectivity index (χ1n) is 7.32. The fourth-order valence-electron chi connectivity index (χ4n) is 2.45.